The first-order valence-corrected chi connectivity index (χ1v) is 6.78. The van der Waals surface area contributed by atoms with Crippen LogP contribution in [0.5, 0.6) is 11.5 Å². The van der Waals surface area contributed by atoms with E-state index in [1.807, 2.05) is 50.2 Å². The van der Waals surface area contributed by atoms with Crippen LogP contribution in [-0.4, -0.2) is 12.2 Å². The summed E-state index contributed by atoms with van der Waals surface area (Å²) < 4.78 is 5.35. The van der Waals surface area contributed by atoms with E-state index in [4.69, 9.17) is 4.74 Å². The maximum Gasteiger partial charge on any atom is 0.130 e. The highest BCUT2D eigenvalue weighted by Gasteiger charge is 2.12. The van der Waals surface area contributed by atoms with E-state index in [1.54, 1.807) is 7.11 Å². The van der Waals surface area contributed by atoms with E-state index >= 15 is 0 Å². The summed E-state index contributed by atoms with van der Waals surface area (Å²) in [6.45, 7) is 11.7. The molecular weight excluding hydrogens is 260 g/mol. The van der Waals surface area contributed by atoms with Gasteiger partial charge >= 0.3 is 0 Å². The number of ether oxygens (including phenoxy) is 1. The molecule has 2 aromatic carbocycles. The van der Waals surface area contributed by atoms with Gasteiger partial charge in [-0.1, -0.05) is 37.4 Å². The highest BCUT2D eigenvalue weighted by Crippen LogP contribution is 2.37. The third-order valence-electron chi connectivity index (χ3n) is 3.47. The summed E-state index contributed by atoms with van der Waals surface area (Å²) in [6, 6.07) is 11.5. The van der Waals surface area contributed by atoms with Crippen LogP contribution in [0.3, 0.4) is 0 Å². The molecule has 2 nitrogen and oxygen atoms in total. The van der Waals surface area contributed by atoms with Gasteiger partial charge in [-0.3, -0.25) is 0 Å². The van der Waals surface area contributed by atoms with E-state index in [0.717, 1.165) is 39.1 Å². The summed E-state index contributed by atoms with van der Waals surface area (Å²) in [5.41, 5.74) is 5.16. The van der Waals surface area contributed by atoms with Crippen molar-refractivity contribution in [1.82, 2.24) is 0 Å². The Morgan fingerprint density at radius 3 is 2.24 bits per heavy atom. The lowest BCUT2D eigenvalue weighted by molar-refractivity contribution is 0.413. The van der Waals surface area contributed by atoms with E-state index in [9.17, 15) is 5.11 Å². The van der Waals surface area contributed by atoms with Gasteiger partial charge in [-0.2, -0.15) is 0 Å². The molecule has 0 amide bonds. The van der Waals surface area contributed by atoms with Crippen molar-refractivity contribution in [2.75, 3.05) is 7.11 Å². The van der Waals surface area contributed by atoms with Crippen LogP contribution in [0, 0.1) is 0 Å². The predicted octanol–water partition coefficient (Wildman–Crippen LogP) is 5.13. The number of hydrogen-bond donors (Lipinski definition) is 1. The smallest absolute Gasteiger partial charge is 0.130 e. The van der Waals surface area contributed by atoms with Gasteiger partial charge in [0.25, 0.3) is 0 Å². The van der Waals surface area contributed by atoms with Gasteiger partial charge in [0, 0.05) is 16.7 Å². The minimum Gasteiger partial charge on any atom is -0.507 e. The van der Waals surface area contributed by atoms with Crippen molar-refractivity contribution in [2.24, 2.45) is 0 Å². The quantitative estimate of drug-likeness (QED) is 0.840. The van der Waals surface area contributed by atoms with Crippen LogP contribution in [0.1, 0.15) is 25.0 Å². The van der Waals surface area contributed by atoms with Crippen molar-refractivity contribution < 1.29 is 9.84 Å². The predicted molar refractivity (Wildman–Crippen MR) is 89.5 cm³/mol. The lowest BCUT2D eigenvalue weighted by Gasteiger charge is -2.13. The highest BCUT2D eigenvalue weighted by molar-refractivity contribution is 5.81. The molecule has 2 rings (SSSR count). The summed E-state index contributed by atoms with van der Waals surface area (Å²) in [5.74, 6) is 1.03. The molecule has 0 bridgehead atoms. The van der Waals surface area contributed by atoms with Crippen molar-refractivity contribution in [3.05, 3.63) is 60.7 Å². The monoisotopic (exact) mass is 280 g/mol. The zero-order valence-electron chi connectivity index (χ0n) is 12.7. The second kappa shape index (κ2) is 5.88. The first-order valence-electron chi connectivity index (χ1n) is 6.78. The Hall–Kier alpha value is -2.48. The molecule has 0 unspecified atom stereocenters. The SMILES string of the molecule is C=C(C)c1cc(-c2cccc(C(=C)C)c2O)ccc1OC. The van der Waals surface area contributed by atoms with Crippen molar-refractivity contribution in [3.8, 4) is 22.6 Å². The third-order valence-corrected chi connectivity index (χ3v) is 3.47. The molecule has 0 aliphatic carbocycles. The lowest BCUT2D eigenvalue weighted by Crippen LogP contribution is -1.91. The number of aromatic hydroxyl groups is 1. The second-order valence-electron chi connectivity index (χ2n) is 5.18. The summed E-state index contributed by atoms with van der Waals surface area (Å²) in [7, 11) is 1.64. The number of para-hydroxylation sites is 1. The summed E-state index contributed by atoms with van der Waals surface area (Å²) in [4.78, 5) is 0. The van der Waals surface area contributed by atoms with Gasteiger partial charge in [-0.25, -0.2) is 0 Å². The fourth-order valence-electron chi connectivity index (χ4n) is 2.33. The van der Waals surface area contributed by atoms with Crippen LogP contribution in [-0.2, 0) is 0 Å². The van der Waals surface area contributed by atoms with Gasteiger partial charge in [-0.15, -0.1) is 0 Å². The fraction of sp³-hybridized carbons (Fsp3) is 0.158. The number of rotatable bonds is 4. The molecule has 0 aliphatic heterocycles. The molecule has 0 aliphatic rings. The molecule has 0 spiro atoms. The van der Waals surface area contributed by atoms with Gasteiger partial charge in [0.1, 0.15) is 11.5 Å². The first kappa shape index (κ1) is 14.9. The largest absolute Gasteiger partial charge is 0.507 e. The Kier molecular flexibility index (Phi) is 4.18. The van der Waals surface area contributed by atoms with E-state index in [0.29, 0.717) is 0 Å². The molecule has 108 valence electrons. The molecule has 1 N–H and O–H groups in total. The number of methoxy groups -OCH3 is 1. The van der Waals surface area contributed by atoms with Crippen LogP contribution in [0.4, 0.5) is 0 Å². The topological polar surface area (TPSA) is 29.5 Å². The minimum absolute atomic E-state index is 0.253. The molecule has 0 fully saturated rings. The van der Waals surface area contributed by atoms with Gasteiger partial charge in [-0.05, 0) is 42.7 Å². The summed E-state index contributed by atoms with van der Waals surface area (Å²) in [6.07, 6.45) is 0. The van der Waals surface area contributed by atoms with Gasteiger partial charge in [0.15, 0.2) is 0 Å². The number of phenolic OH excluding ortho intramolecular Hbond substituents is 1. The van der Waals surface area contributed by atoms with Gasteiger partial charge < -0.3 is 9.84 Å². The maximum atomic E-state index is 10.5. The Balaban J connectivity index is 2.63. The Labute approximate surface area is 126 Å². The van der Waals surface area contributed by atoms with Crippen molar-refractivity contribution in [1.29, 1.82) is 0 Å². The highest BCUT2D eigenvalue weighted by atomic mass is 16.5. The summed E-state index contributed by atoms with van der Waals surface area (Å²) in [5, 5.41) is 10.5. The van der Waals surface area contributed by atoms with Gasteiger partial charge in [0.2, 0.25) is 0 Å². The number of phenols is 1. The van der Waals surface area contributed by atoms with Crippen molar-refractivity contribution in [2.45, 2.75) is 13.8 Å². The average molecular weight is 280 g/mol. The lowest BCUT2D eigenvalue weighted by atomic mass is 9.95. The molecule has 0 atom stereocenters. The zero-order chi connectivity index (χ0) is 15.6. The normalized spacial score (nSPS) is 10.2. The van der Waals surface area contributed by atoms with E-state index < -0.39 is 0 Å². The standard InChI is InChI=1S/C19H20O2/c1-12(2)15-7-6-8-16(19(15)20)14-9-10-18(21-5)17(11-14)13(3)4/h6-11,20H,1,3H2,2,4-5H3. The van der Waals surface area contributed by atoms with Crippen LogP contribution in [0.25, 0.3) is 22.3 Å². The number of allylic oxidation sites excluding steroid dienone is 2. The summed E-state index contributed by atoms with van der Waals surface area (Å²) >= 11 is 0. The third kappa shape index (κ3) is 2.84. The molecule has 2 aromatic rings. The van der Waals surface area contributed by atoms with E-state index in [-0.39, 0.29) is 5.75 Å². The molecule has 2 heteroatoms. The molecule has 21 heavy (non-hydrogen) atoms. The molecule has 0 saturated heterocycles. The number of benzene rings is 2. The Morgan fingerprint density at radius 2 is 1.67 bits per heavy atom. The molecular formula is C19H20O2. The average Bonchev–Trinajstić information content (AvgIpc) is 2.46. The molecule has 0 saturated carbocycles. The molecule has 0 heterocycles. The maximum absolute atomic E-state index is 10.5. The Bertz CT molecular complexity index is 712. The van der Waals surface area contributed by atoms with E-state index in [2.05, 4.69) is 13.2 Å². The van der Waals surface area contributed by atoms with E-state index in [1.165, 1.54) is 0 Å². The molecule has 0 radical (unpaired) electrons. The van der Waals surface area contributed by atoms with Crippen LogP contribution < -0.4 is 4.74 Å². The molecule has 0 aromatic heterocycles. The van der Waals surface area contributed by atoms with Crippen LogP contribution in [0.2, 0.25) is 0 Å². The minimum atomic E-state index is 0.253. The fourth-order valence-corrected chi connectivity index (χ4v) is 2.33. The van der Waals surface area contributed by atoms with Crippen molar-refractivity contribution >= 4 is 11.1 Å². The first-order chi connectivity index (χ1) is 9.95. The number of hydrogen-bond acceptors (Lipinski definition) is 2. The Morgan fingerprint density at radius 1 is 1.00 bits per heavy atom. The second-order valence-corrected chi connectivity index (χ2v) is 5.18. The van der Waals surface area contributed by atoms with Crippen molar-refractivity contribution in [3.63, 3.8) is 0 Å². The van der Waals surface area contributed by atoms with Gasteiger partial charge in [0.05, 0.1) is 7.11 Å². The van der Waals surface area contributed by atoms with Crippen LogP contribution in [0.15, 0.2) is 49.6 Å². The van der Waals surface area contributed by atoms with Crippen LogP contribution >= 0.6 is 0 Å². The zero-order valence-corrected chi connectivity index (χ0v) is 12.7.